The van der Waals surface area contributed by atoms with Gasteiger partial charge in [-0.15, -0.1) is 0 Å². The Morgan fingerprint density at radius 1 is 1.18 bits per heavy atom. The number of carbonyl (C=O) groups is 3. The van der Waals surface area contributed by atoms with Crippen LogP contribution in [0.25, 0.3) is 0 Å². The number of hydrogen-bond donors (Lipinski definition) is 1. The third kappa shape index (κ3) is 4.71. The van der Waals surface area contributed by atoms with Crippen LogP contribution in [0.3, 0.4) is 0 Å². The van der Waals surface area contributed by atoms with Crippen molar-refractivity contribution in [2.75, 3.05) is 33.1 Å². The topological polar surface area (TPSA) is 88.2 Å². The van der Waals surface area contributed by atoms with Crippen LogP contribution in [0.1, 0.15) is 53.7 Å². The summed E-state index contributed by atoms with van der Waals surface area (Å²) in [7, 11) is 4.97. The van der Waals surface area contributed by atoms with Gasteiger partial charge in [0.25, 0.3) is 5.91 Å². The molecule has 1 unspecified atom stereocenters. The molecule has 8 nitrogen and oxygen atoms in total. The first-order chi connectivity index (χ1) is 16.3. The number of nitrogens with zero attached hydrogens (tertiary/aromatic N) is 2. The minimum absolute atomic E-state index is 0.0326. The van der Waals surface area contributed by atoms with Crippen molar-refractivity contribution in [1.29, 1.82) is 0 Å². The summed E-state index contributed by atoms with van der Waals surface area (Å²) in [6, 6.07) is 10.5. The lowest BCUT2D eigenvalue weighted by molar-refractivity contribution is -0.129. The number of methoxy groups -OCH3 is 1. The van der Waals surface area contributed by atoms with Crippen LogP contribution >= 0.6 is 0 Å². The zero-order valence-electron chi connectivity index (χ0n) is 20.1. The Morgan fingerprint density at radius 2 is 1.94 bits per heavy atom. The van der Waals surface area contributed by atoms with E-state index in [1.807, 2.05) is 31.2 Å². The van der Waals surface area contributed by atoms with Gasteiger partial charge in [0.15, 0.2) is 11.5 Å². The van der Waals surface area contributed by atoms with Crippen molar-refractivity contribution < 1.29 is 23.9 Å². The minimum Gasteiger partial charge on any atom is -0.493 e. The molecule has 2 aliphatic rings. The standard InChI is InChI=1S/C26H31N3O5/c1-5-34-22-13-17(11-12-21(22)33-4)20(14-23(30)28(2)3)29-15-18-7-6-8-19(24(18)26(29)32)27-25(31)16-9-10-16/h6-8,11-13,16,20H,5,9-10,14-15H2,1-4H3,(H,27,31). The number of hydrogen-bond acceptors (Lipinski definition) is 5. The quantitative estimate of drug-likeness (QED) is 0.611. The number of amides is 3. The summed E-state index contributed by atoms with van der Waals surface area (Å²) in [4.78, 5) is 42.1. The Balaban J connectivity index is 1.69. The van der Waals surface area contributed by atoms with Gasteiger partial charge < -0.3 is 24.6 Å². The molecule has 0 bridgehead atoms. The molecule has 1 atom stereocenters. The number of nitrogens with one attached hydrogen (secondary N) is 1. The second-order valence-electron chi connectivity index (χ2n) is 8.89. The van der Waals surface area contributed by atoms with Crippen molar-refractivity contribution in [3.63, 3.8) is 0 Å². The van der Waals surface area contributed by atoms with E-state index >= 15 is 0 Å². The van der Waals surface area contributed by atoms with Gasteiger partial charge in [0, 0.05) is 26.6 Å². The van der Waals surface area contributed by atoms with Gasteiger partial charge in [-0.05, 0) is 49.1 Å². The Hall–Kier alpha value is -3.55. The van der Waals surface area contributed by atoms with E-state index in [1.165, 1.54) is 4.90 Å². The molecule has 0 radical (unpaired) electrons. The van der Waals surface area contributed by atoms with Crippen molar-refractivity contribution in [2.24, 2.45) is 5.92 Å². The Kier molecular flexibility index (Phi) is 6.77. The summed E-state index contributed by atoms with van der Waals surface area (Å²) in [5.41, 5.74) is 2.64. The maximum absolute atomic E-state index is 13.7. The molecule has 0 aromatic heterocycles. The summed E-state index contributed by atoms with van der Waals surface area (Å²) in [5, 5.41) is 2.94. The Morgan fingerprint density at radius 3 is 2.59 bits per heavy atom. The maximum Gasteiger partial charge on any atom is 0.257 e. The molecule has 3 amide bonds. The lowest BCUT2D eigenvalue weighted by atomic mass is 10.0. The molecule has 1 saturated carbocycles. The van der Waals surface area contributed by atoms with E-state index in [2.05, 4.69) is 5.32 Å². The monoisotopic (exact) mass is 465 g/mol. The van der Waals surface area contributed by atoms with E-state index in [4.69, 9.17) is 9.47 Å². The largest absolute Gasteiger partial charge is 0.493 e. The summed E-state index contributed by atoms with van der Waals surface area (Å²) >= 11 is 0. The number of benzene rings is 2. The molecule has 2 aromatic rings. The second-order valence-corrected chi connectivity index (χ2v) is 8.89. The van der Waals surface area contributed by atoms with Crippen molar-refractivity contribution in [3.05, 3.63) is 53.1 Å². The molecule has 4 rings (SSSR count). The fraction of sp³-hybridized carbons (Fsp3) is 0.423. The van der Waals surface area contributed by atoms with Gasteiger partial charge in [-0.3, -0.25) is 14.4 Å². The third-order valence-corrected chi connectivity index (χ3v) is 6.29. The zero-order valence-corrected chi connectivity index (χ0v) is 20.1. The zero-order chi connectivity index (χ0) is 24.4. The fourth-order valence-corrected chi connectivity index (χ4v) is 4.24. The average molecular weight is 466 g/mol. The highest BCUT2D eigenvalue weighted by Gasteiger charge is 2.38. The molecule has 34 heavy (non-hydrogen) atoms. The lowest BCUT2D eigenvalue weighted by Crippen LogP contribution is -2.34. The van der Waals surface area contributed by atoms with Crippen LogP contribution in [0.15, 0.2) is 36.4 Å². The molecule has 1 N–H and O–H groups in total. The predicted molar refractivity (Wildman–Crippen MR) is 128 cm³/mol. The van der Waals surface area contributed by atoms with E-state index in [-0.39, 0.29) is 30.1 Å². The van der Waals surface area contributed by atoms with Gasteiger partial charge in [0.05, 0.1) is 37.4 Å². The summed E-state index contributed by atoms with van der Waals surface area (Å²) in [6.45, 7) is 2.69. The van der Waals surface area contributed by atoms with Gasteiger partial charge in [-0.1, -0.05) is 18.2 Å². The van der Waals surface area contributed by atoms with Crippen LogP contribution in [0, 0.1) is 5.92 Å². The van der Waals surface area contributed by atoms with Crippen LogP contribution in [0.5, 0.6) is 11.5 Å². The number of carbonyl (C=O) groups excluding carboxylic acids is 3. The number of fused-ring (bicyclic) bond motifs is 1. The third-order valence-electron chi connectivity index (χ3n) is 6.29. The molecule has 1 heterocycles. The number of anilines is 1. The average Bonchev–Trinajstić information content (AvgIpc) is 3.62. The van der Waals surface area contributed by atoms with E-state index in [1.54, 1.807) is 38.2 Å². The molecule has 1 aliphatic heterocycles. The van der Waals surface area contributed by atoms with E-state index < -0.39 is 6.04 Å². The summed E-state index contributed by atoms with van der Waals surface area (Å²) in [5.74, 6) is 0.841. The first-order valence-electron chi connectivity index (χ1n) is 11.6. The molecule has 1 aliphatic carbocycles. The van der Waals surface area contributed by atoms with Crippen molar-refractivity contribution >= 4 is 23.4 Å². The summed E-state index contributed by atoms with van der Waals surface area (Å²) in [6.07, 6.45) is 1.89. The van der Waals surface area contributed by atoms with Crippen LogP contribution in [0.4, 0.5) is 5.69 Å². The summed E-state index contributed by atoms with van der Waals surface area (Å²) < 4.78 is 11.1. The maximum atomic E-state index is 13.7. The first-order valence-corrected chi connectivity index (χ1v) is 11.6. The van der Waals surface area contributed by atoms with Gasteiger partial charge in [0.2, 0.25) is 11.8 Å². The van der Waals surface area contributed by atoms with Crippen LogP contribution in [-0.2, 0) is 16.1 Å². The van der Waals surface area contributed by atoms with Crippen LogP contribution in [-0.4, -0.2) is 55.3 Å². The van der Waals surface area contributed by atoms with E-state index in [9.17, 15) is 14.4 Å². The molecule has 1 fully saturated rings. The van der Waals surface area contributed by atoms with Gasteiger partial charge in [-0.2, -0.15) is 0 Å². The smallest absolute Gasteiger partial charge is 0.257 e. The minimum atomic E-state index is -0.508. The SMILES string of the molecule is CCOc1cc(C(CC(=O)N(C)C)N2Cc3cccc(NC(=O)C4CC4)c3C2=O)ccc1OC. The highest BCUT2D eigenvalue weighted by atomic mass is 16.5. The van der Waals surface area contributed by atoms with Gasteiger partial charge in [-0.25, -0.2) is 0 Å². The predicted octanol–water partition coefficient (Wildman–Crippen LogP) is 3.62. The van der Waals surface area contributed by atoms with E-state index in [0.717, 1.165) is 24.0 Å². The van der Waals surface area contributed by atoms with Crippen LogP contribution < -0.4 is 14.8 Å². The van der Waals surface area contributed by atoms with E-state index in [0.29, 0.717) is 35.9 Å². The van der Waals surface area contributed by atoms with Gasteiger partial charge in [0.1, 0.15) is 0 Å². The van der Waals surface area contributed by atoms with Crippen molar-refractivity contribution in [1.82, 2.24) is 9.80 Å². The van der Waals surface area contributed by atoms with Crippen molar-refractivity contribution in [2.45, 2.75) is 38.8 Å². The normalized spacial score (nSPS) is 15.5. The van der Waals surface area contributed by atoms with Gasteiger partial charge >= 0.3 is 0 Å². The lowest BCUT2D eigenvalue weighted by Gasteiger charge is -2.29. The number of rotatable bonds is 9. The second kappa shape index (κ2) is 9.75. The molecular formula is C26H31N3O5. The molecule has 2 aromatic carbocycles. The highest BCUT2D eigenvalue weighted by Crippen LogP contribution is 2.40. The fourth-order valence-electron chi connectivity index (χ4n) is 4.24. The first kappa shape index (κ1) is 23.6. The molecular weight excluding hydrogens is 434 g/mol. The molecule has 8 heteroatoms. The van der Waals surface area contributed by atoms with Crippen molar-refractivity contribution in [3.8, 4) is 11.5 Å². The number of ether oxygens (including phenoxy) is 2. The molecule has 0 spiro atoms. The van der Waals surface area contributed by atoms with Crippen LogP contribution in [0.2, 0.25) is 0 Å². The highest BCUT2D eigenvalue weighted by molar-refractivity contribution is 6.07. The Bertz CT molecular complexity index is 1110. The molecule has 0 saturated heterocycles. The Labute approximate surface area is 199 Å². The molecule has 180 valence electrons.